The van der Waals surface area contributed by atoms with Gasteiger partial charge in [0.1, 0.15) is 0 Å². The third-order valence-electron chi connectivity index (χ3n) is 2.28. The van der Waals surface area contributed by atoms with Crippen LogP contribution in [0.1, 0.15) is 25.7 Å². The van der Waals surface area contributed by atoms with Crippen LogP contribution in [0, 0.1) is 17.2 Å². The van der Waals surface area contributed by atoms with Crippen LogP contribution in [-0.2, 0) is 9.47 Å². The lowest BCUT2D eigenvalue weighted by molar-refractivity contribution is -0.158. The fraction of sp³-hybridized carbons (Fsp3) is 0.889. The minimum Gasteiger partial charge on any atom is -0.356 e. The zero-order valence-electron chi connectivity index (χ0n) is 7.45. The van der Waals surface area contributed by atoms with E-state index in [9.17, 15) is 0 Å². The van der Waals surface area contributed by atoms with Crippen LogP contribution in [0.25, 0.3) is 0 Å². The van der Waals surface area contributed by atoms with Gasteiger partial charge in [-0.25, -0.2) is 0 Å². The smallest absolute Gasteiger partial charge is 0.157 e. The lowest BCUT2D eigenvalue weighted by atomic mass is 9.94. The molecule has 1 rings (SSSR count). The molecule has 0 aromatic carbocycles. The Morgan fingerprint density at radius 3 is 3.17 bits per heavy atom. The van der Waals surface area contributed by atoms with E-state index in [1.165, 1.54) is 0 Å². The topological polar surface area (TPSA) is 42.2 Å². The highest BCUT2D eigenvalue weighted by atomic mass is 16.7. The van der Waals surface area contributed by atoms with Gasteiger partial charge < -0.3 is 9.47 Å². The van der Waals surface area contributed by atoms with Crippen molar-refractivity contribution in [1.82, 2.24) is 0 Å². The van der Waals surface area contributed by atoms with Gasteiger partial charge in [-0.1, -0.05) is 0 Å². The Kier molecular flexibility index (Phi) is 4.06. The highest BCUT2D eigenvalue weighted by molar-refractivity contribution is 4.74. The first-order chi connectivity index (χ1) is 5.86. The summed E-state index contributed by atoms with van der Waals surface area (Å²) in [7, 11) is 1.66. The SMILES string of the molecule is COC1CC(CCC#N)CCO1. The summed E-state index contributed by atoms with van der Waals surface area (Å²) < 4.78 is 10.4. The van der Waals surface area contributed by atoms with Gasteiger partial charge in [0.2, 0.25) is 0 Å². The zero-order chi connectivity index (χ0) is 8.81. The average molecular weight is 169 g/mol. The van der Waals surface area contributed by atoms with Crippen LogP contribution in [0.3, 0.4) is 0 Å². The molecule has 0 spiro atoms. The Labute approximate surface area is 73.3 Å². The maximum absolute atomic E-state index is 8.41. The minimum atomic E-state index is -0.0394. The number of nitrogens with zero attached hydrogens (tertiary/aromatic N) is 1. The quantitative estimate of drug-likeness (QED) is 0.645. The van der Waals surface area contributed by atoms with Crippen molar-refractivity contribution in [2.45, 2.75) is 32.0 Å². The fourth-order valence-corrected chi connectivity index (χ4v) is 1.52. The van der Waals surface area contributed by atoms with E-state index in [0.29, 0.717) is 12.3 Å². The molecule has 3 heteroatoms. The molecule has 3 nitrogen and oxygen atoms in total. The van der Waals surface area contributed by atoms with E-state index in [2.05, 4.69) is 6.07 Å². The van der Waals surface area contributed by atoms with Crippen molar-refractivity contribution >= 4 is 0 Å². The first kappa shape index (κ1) is 9.50. The molecule has 0 aromatic heterocycles. The van der Waals surface area contributed by atoms with Crippen LogP contribution < -0.4 is 0 Å². The Morgan fingerprint density at radius 1 is 1.67 bits per heavy atom. The van der Waals surface area contributed by atoms with Crippen LogP contribution >= 0.6 is 0 Å². The second kappa shape index (κ2) is 5.13. The predicted molar refractivity (Wildman–Crippen MR) is 44.3 cm³/mol. The number of hydrogen-bond donors (Lipinski definition) is 0. The van der Waals surface area contributed by atoms with Crippen molar-refractivity contribution < 1.29 is 9.47 Å². The van der Waals surface area contributed by atoms with Gasteiger partial charge in [-0.2, -0.15) is 5.26 Å². The summed E-state index contributed by atoms with van der Waals surface area (Å²) in [5.41, 5.74) is 0. The van der Waals surface area contributed by atoms with Gasteiger partial charge in [-0.3, -0.25) is 0 Å². The summed E-state index contributed by atoms with van der Waals surface area (Å²) in [5, 5.41) is 8.41. The van der Waals surface area contributed by atoms with E-state index in [4.69, 9.17) is 14.7 Å². The third kappa shape index (κ3) is 2.80. The van der Waals surface area contributed by atoms with Crippen molar-refractivity contribution in [3.63, 3.8) is 0 Å². The summed E-state index contributed by atoms with van der Waals surface area (Å²) >= 11 is 0. The van der Waals surface area contributed by atoms with E-state index in [1.54, 1.807) is 7.11 Å². The van der Waals surface area contributed by atoms with Crippen LogP contribution in [0.5, 0.6) is 0 Å². The van der Waals surface area contributed by atoms with Crippen LogP contribution in [0.2, 0.25) is 0 Å². The van der Waals surface area contributed by atoms with Crippen LogP contribution in [-0.4, -0.2) is 20.0 Å². The normalized spacial score (nSPS) is 29.7. The second-order valence-corrected chi connectivity index (χ2v) is 3.12. The van der Waals surface area contributed by atoms with Gasteiger partial charge in [-0.15, -0.1) is 0 Å². The Morgan fingerprint density at radius 2 is 2.50 bits per heavy atom. The average Bonchev–Trinajstić information content (AvgIpc) is 2.15. The van der Waals surface area contributed by atoms with Crippen molar-refractivity contribution in [2.24, 2.45) is 5.92 Å². The van der Waals surface area contributed by atoms with Crippen molar-refractivity contribution in [2.75, 3.05) is 13.7 Å². The standard InChI is InChI=1S/C9H15NO2/c1-11-9-7-8(3-2-5-10)4-6-12-9/h8-9H,2-4,6-7H2,1H3. The van der Waals surface area contributed by atoms with Gasteiger partial charge in [0.05, 0.1) is 6.07 Å². The van der Waals surface area contributed by atoms with E-state index in [1.807, 2.05) is 0 Å². The zero-order valence-corrected chi connectivity index (χ0v) is 7.45. The van der Waals surface area contributed by atoms with Crippen molar-refractivity contribution in [3.05, 3.63) is 0 Å². The molecule has 2 atom stereocenters. The van der Waals surface area contributed by atoms with Gasteiger partial charge >= 0.3 is 0 Å². The number of methoxy groups -OCH3 is 1. The Bertz CT molecular complexity index is 164. The van der Waals surface area contributed by atoms with Gasteiger partial charge in [0.25, 0.3) is 0 Å². The van der Waals surface area contributed by atoms with Gasteiger partial charge in [-0.05, 0) is 18.8 Å². The molecule has 12 heavy (non-hydrogen) atoms. The van der Waals surface area contributed by atoms with E-state index >= 15 is 0 Å². The summed E-state index contributed by atoms with van der Waals surface area (Å²) in [6.45, 7) is 0.772. The summed E-state index contributed by atoms with van der Waals surface area (Å²) in [6, 6.07) is 2.17. The van der Waals surface area contributed by atoms with Gasteiger partial charge in [0, 0.05) is 26.6 Å². The predicted octanol–water partition coefficient (Wildman–Crippen LogP) is 1.69. The molecule has 0 aliphatic carbocycles. The largest absolute Gasteiger partial charge is 0.356 e. The fourth-order valence-electron chi connectivity index (χ4n) is 1.52. The molecule has 0 radical (unpaired) electrons. The number of ether oxygens (including phenoxy) is 2. The molecule has 68 valence electrons. The first-order valence-corrected chi connectivity index (χ1v) is 4.38. The first-order valence-electron chi connectivity index (χ1n) is 4.38. The monoisotopic (exact) mass is 169 g/mol. The minimum absolute atomic E-state index is 0.0394. The Hall–Kier alpha value is -0.590. The second-order valence-electron chi connectivity index (χ2n) is 3.12. The maximum Gasteiger partial charge on any atom is 0.157 e. The van der Waals surface area contributed by atoms with Gasteiger partial charge in [0.15, 0.2) is 6.29 Å². The van der Waals surface area contributed by atoms with Crippen LogP contribution in [0.4, 0.5) is 0 Å². The molecule has 0 saturated carbocycles. The lowest BCUT2D eigenvalue weighted by Gasteiger charge is -2.27. The van der Waals surface area contributed by atoms with E-state index in [-0.39, 0.29) is 6.29 Å². The molecule has 1 saturated heterocycles. The molecule has 0 amide bonds. The molecular weight excluding hydrogens is 154 g/mol. The lowest BCUT2D eigenvalue weighted by Crippen LogP contribution is -2.26. The summed E-state index contributed by atoms with van der Waals surface area (Å²) in [6.07, 6.45) is 3.61. The number of nitriles is 1. The molecule has 1 heterocycles. The Balaban J connectivity index is 2.22. The van der Waals surface area contributed by atoms with Crippen molar-refractivity contribution in [3.8, 4) is 6.07 Å². The molecule has 2 unspecified atom stereocenters. The van der Waals surface area contributed by atoms with Crippen molar-refractivity contribution in [1.29, 1.82) is 5.26 Å². The number of rotatable bonds is 3. The molecule has 1 aliphatic heterocycles. The number of hydrogen-bond acceptors (Lipinski definition) is 3. The summed E-state index contributed by atoms with van der Waals surface area (Å²) in [4.78, 5) is 0. The van der Waals surface area contributed by atoms with E-state index < -0.39 is 0 Å². The highest BCUT2D eigenvalue weighted by Gasteiger charge is 2.21. The molecular formula is C9H15NO2. The highest BCUT2D eigenvalue weighted by Crippen LogP contribution is 2.24. The third-order valence-corrected chi connectivity index (χ3v) is 2.28. The maximum atomic E-state index is 8.41. The molecule has 1 fully saturated rings. The molecule has 1 aliphatic rings. The molecule has 0 N–H and O–H groups in total. The molecule has 0 aromatic rings. The molecule has 0 bridgehead atoms. The summed E-state index contributed by atoms with van der Waals surface area (Å²) in [5.74, 6) is 0.614. The van der Waals surface area contributed by atoms with Crippen LogP contribution in [0.15, 0.2) is 0 Å². The van der Waals surface area contributed by atoms with E-state index in [0.717, 1.165) is 25.9 Å².